The van der Waals surface area contributed by atoms with Gasteiger partial charge < -0.3 is 5.11 Å². The van der Waals surface area contributed by atoms with E-state index in [9.17, 15) is 9.90 Å². The third kappa shape index (κ3) is 2.53. The quantitative estimate of drug-likeness (QED) is 0.892. The van der Waals surface area contributed by atoms with Crippen molar-refractivity contribution >= 4 is 5.97 Å². The predicted octanol–water partition coefficient (Wildman–Crippen LogP) is 2.33. The van der Waals surface area contributed by atoms with Crippen LogP contribution in [0.5, 0.6) is 0 Å². The number of hydrogen-bond acceptors (Lipinski definition) is 3. The molecule has 0 saturated carbocycles. The molecule has 2 unspecified atom stereocenters. The zero-order chi connectivity index (χ0) is 13.2. The van der Waals surface area contributed by atoms with Gasteiger partial charge in [0.25, 0.3) is 0 Å². The minimum absolute atomic E-state index is 0.220. The number of pyridine rings is 1. The van der Waals surface area contributed by atoms with E-state index in [1.165, 1.54) is 0 Å². The largest absolute Gasteiger partial charge is 0.481 e. The number of aliphatic carboxylic acids is 1. The molecule has 2 rings (SSSR count). The lowest BCUT2D eigenvalue weighted by Crippen LogP contribution is -2.46. The van der Waals surface area contributed by atoms with Crippen molar-refractivity contribution in [1.82, 2.24) is 9.88 Å². The van der Waals surface area contributed by atoms with Gasteiger partial charge in [-0.05, 0) is 44.9 Å². The van der Waals surface area contributed by atoms with Crippen molar-refractivity contribution in [2.75, 3.05) is 13.1 Å². The van der Waals surface area contributed by atoms with Crippen molar-refractivity contribution in [3.8, 4) is 0 Å². The van der Waals surface area contributed by atoms with E-state index in [2.05, 4.69) is 16.8 Å². The number of hydrogen-bond donors (Lipinski definition) is 1. The van der Waals surface area contributed by atoms with Crippen LogP contribution in [-0.2, 0) is 4.79 Å². The molecule has 1 aliphatic rings. The Labute approximate surface area is 108 Å². The number of nitrogens with zero attached hydrogens (tertiary/aromatic N) is 2. The number of carbonyl (C=O) groups is 1. The number of likely N-dealkylation sites (tertiary alicyclic amines) is 1. The molecule has 0 spiro atoms. The van der Waals surface area contributed by atoms with E-state index in [4.69, 9.17) is 0 Å². The van der Waals surface area contributed by atoms with Crippen molar-refractivity contribution in [2.45, 2.75) is 32.7 Å². The van der Waals surface area contributed by atoms with Gasteiger partial charge in [0, 0.05) is 25.0 Å². The van der Waals surface area contributed by atoms with E-state index >= 15 is 0 Å². The maximum Gasteiger partial charge on any atom is 0.310 e. The van der Waals surface area contributed by atoms with Crippen molar-refractivity contribution < 1.29 is 9.90 Å². The highest BCUT2D eigenvalue weighted by atomic mass is 16.4. The molecule has 0 bridgehead atoms. The molecule has 0 radical (unpaired) electrons. The Morgan fingerprint density at radius 2 is 2.39 bits per heavy atom. The molecule has 1 aromatic heterocycles. The summed E-state index contributed by atoms with van der Waals surface area (Å²) in [6.07, 6.45) is 5.32. The van der Waals surface area contributed by atoms with Crippen LogP contribution in [0.15, 0.2) is 24.5 Å². The van der Waals surface area contributed by atoms with Crippen LogP contribution in [0, 0.1) is 5.41 Å². The molecule has 1 fully saturated rings. The minimum Gasteiger partial charge on any atom is -0.481 e. The van der Waals surface area contributed by atoms with Crippen molar-refractivity contribution in [3.63, 3.8) is 0 Å². The normalized spacial score (nSPS) is 26.8. The number of rotatable bonds is 3. The van der Waals surface area contributed by atoms with Gasteiger partial charge in [0.1, 0.15) is 0 Å². The lowest BCUT2D eigenvalue weighted by molar-refractivity contribution is -0.151. The number of carboxylic acids is 1. The molecule has 98 valence electrons. The van der Waals surface area contributed by atoms with Gasteiger partial charge in [0.15, 0.2) is 0 Å². The molecular formula is C14H20N2O2. The summed E-state index contributed by atoms with van der Waals surface area (Å²) < 4.78 is 0. The first-order valence-electron chi connectivity index (χ1n) is 6.40. The molecule has 1 saturated heterocycles. The summed E-state index contributed by atoms with van der Waals surface area (Å²) in [7, 11) is 0. The summed E-state index contributed by atoms with van der Waals surface area (Å²) in [5, 5.41) is 9.33. The molecular weight excluding hydrogens is 228 g/mol. The summed E-state index contributed by atoms with van der Waals surface area (Å²) in [6.45, 7) is 5.53. The van der Waals surface area contributed by atoms with Crippen LogP contribution >= 0.6 is 0 Å². The maximum absolute atomic E-state index is 11.3. The van der Waals surface area contributed by atoms with Crippen molar-refractivity contribution in [2.24, 2.45) is 5.41 Å². The van der Waals surface area contributed by atoms with Crippen LogP contribution in [0.2, 0.25) is 0 Å². The van der Waals surface area contributed by atoms with Gasteiger partial charge in [-0.3, -0.25) is 14.7 Å². The first-order chi connectivity index (χ1) is 8.53. The lowest BCUT2D eigenvalue weighted by atomic mass is 9.81. The third-order valence-electron chi connectivity index (χ3n) is 3.96. The zero-order valence-corrected chi connectivity index (χ0v) is 11.0. The van der Waals surface area contributed by atoms with E-state index in [0.717, 1.165) is 24.9 Å². The van der Waals surface area contributed by atoms with Gasteiger partial charge in [0.05, 0.1) is 5.41 Å². The summed E-state index contributed by atoms with van der Waals surface area (Å²) in [4.78, 5) is 17.7. The Kier molecular flexibility index (Phi) is 3.66. The maximum atomic E-state index is 11.3. The monoisotopic (exact) mass is 248 g/mol. The molecule has 2 atom stereocenters. The van der Waals surface area contributed by atoms with Gasteiger partial charge >= 0.3 is 5.97 Å². The second-order valence-corrected chi connectivity index (χ2v) is 5.40. The van der Waals surface area contributed by atoms with Crippen LogP contribution in [0.1, 0.15) is 38.3 Å². The molecule has 4 nitrogen and oxygen atoms in total. The highest BCUT2D eigenvalue weighted by Crippen LogP contribution is 2.33. The molecule has 18 heavy (non-hydrogen) atoms. The topological polar surface area (TPSA) is 53.4 Å². The summed E-state index contributed by atoms with van der Waals surface area (Å²) in [5.74, 6) is -0.689. The Morgan fingerprint density at radius 3 is 3.00 bits per heavy atom. The van der Waals surface area contributed by atoms with Crippen LogP contribution in [0.25, 0.3) is 0 Å². The highest BCUT2D eigenvalue weighted by molar-refractivity contribution is 5.74. The molecule has 0 aromatic carbocycles. The van der Waals surface area contributed by atoms with E-state index < -0.39 is 11.4 Å². The van der Waals surface area contributed by atoms with Gasteiger partial charge in [-0.25, -0.2) is 0 Å². The van der Waals surface area contributed by atoms with E-state index in [-0.39, 0.29) is 6.04 Å². The molecule has 2 heterocycles. The molecule has 4 heteroatoms. The summed E-state index contributed by atoms with van der Waals surface area (Å²) in [5.41, 5.74) is 0.529. The number of aromatic nitrogens is 1. The van der Waals surface area contributed by atoms with Crippen molar-refractivity contribution in [1.29, 1.82) is 0 Å². The zero-order valence-electron chi connectivity index (χ0n) is 11.0. The predicted molar refractivity (Wildman–Crippen MR) is 69.2 cm³/mol. The fourth-order valence-electron chi connectivity index (χ4n) is 2.62. The fourth-order valence-corrected chi connectivity index (χ4v) is 2.62. The second-order valence-electron chi connectivity index (χ2n) is 5.40. The molecule has 1 N–H and O–H groups in total. The third-order valence-corrected chi connectivity index (χ3v) is 3.96. The first-order valence-corrected chi connectivity index (χ1v) is 6.40. The van der Waals surface area contributed by atoms with Crippen LogP contribution in [0.3, 0.4) is 0 Å². The lowest BCUT2D eigenvalue weighted by Gasteiger charge is -2.40. The number of piperidine rings is 1. The van der Waals surface area contributed by atoms with Gasteiger partial charge in [0.2, 0.25) is 0 Å². The first kappa shape index (κ1) is 13.0. The molecule has 0 amide bonds. The molecule has 1 aromatic rings. The average molecular weight is 248 g/mol. The van der Waals surface area contributed by atoms with E-state index in [0.29, 0.717) is 6.54 Å². The smallest absolute Gasteiger partial charge is 0.310 e. The highest BCUT2D eigenvalue weighted by Gasteiger charge is 2.39. The van der Waals surface area contributed by atoms with Gasteiger partial charge in [-0.15, -0.1) is 0 Å². The SMILES string of the molecule is CC(c1cccnc1)N1CCCC(C)(C(=O)O)C1. The Bertz CT molecular complexity index is 421. The minimum atomic E-state index is -0.689. The average Bonchev–Trinajstić information content (AvgIpc) is 2.39. The fraction of sp³-hybridized carbons (Fsp3) is 0.571. The van der Waals surface area contributed by atoms with Crippen LogP contribution in [-0.4, -0.2) is 34.0 Å². The van der Waals surface area contributed by atoms with E-state index in [1.807, 2.05) is 25.3 Å². The Balaban J connectivity index is 2.12. The van der Waals surface area contributed by atoms with Gasteiger partial charge in [-0.1, -0.05) is 6.07 Å². The Morgan fingerprint density at radius 1 is 1.61 bits per heavy atom. The van der Waals surface area contributed by atoms with Gasteiger partial charge in [-0.2, -0.15) is 0 Å². The Hall–Kier alpha value is -1.42. The standard InChI is InChI=1S/C14H20N2O2/c1-11(12-5-3-7-15-9-12)16-8-4-6-14(2,10-16)13(17)18/h3,5,7,9,11H,4,6,8,10H2,1-2H3,(H,17,18). The van der Waals surface area contributed by atoms with Crippen molar-refractivity contribution in [3.05, 3.63) is 30.1 Å². The molecule has 1 aliphatic heterocycles. The summed E-state index contributed by atoms with van der Waals surface area (Å²) in [6, 6.07) is 4.19. The second kappa shape index (κ2) is 5.06. The van der Waals surface area contributed by atoms with Crippen LogP contribution in [0.4, 0.5) is 0 Å². The number of carboxylic acid groups (broad SMARTS) is 1. The van der Waals surface area contributed by atoms with Crippen LogP contribution < -0.4 is 0 Å². The summed E-state index contributed by atoms with van der Waals surface area (Å²) >= 11 is 0. The molecule has 0 aliphatic carbocycles. The van der Waals surface area contributed by atoms with E-state index in [1.54, 1.807) is 6.20 Å².